The van der Waals surface area contributed by atoms with E-state index in [1.807, 2.05) is 13.0 Å². The lowest BCUT2D eigenvalue weighted by Gasteiger charge is -2.08. The van der Waals surface area contributed by atoms with E-state index in [-0.39, 0.29) is 11.1 Å². The van der Waals surface area contributed by atoms with Crippen LogP contribution in [0.5, 0.6) is 0 Å². The van der Waals surface area contributed by atoms with E-state index in [0.717, 1.165) is 11.3 Å². The summed E-state index contributed by atoms with van der Waals surface area (Å²) >= 11 is 7.53. The van der Waals surface area contributed by atoms with Crippen LogP contribution < -0.4 is 10.9 Å². The third kappa shape index (κ3) is 2.69. The van der Waals surface area contributed by atoms with Crippen molar-refractivity contribution in [2.45, 2.75) is 18.6 Å². The molecule has 2 aromatic rings. The van der Waals surface area contributed by atoms with Gasteiger partial charge in [-0.2, -0.15) is 0 Å². The van der Waals surface area contributed by atoms with E-state index in [1.54, 1.807) is 12.1 Å². The van der Waals surface area contributed by atoms with E-state index in [9.17, 15) is 9.59 Å². The Labute approximate surface area is 130 Å². The number of fused-ring (bicyclic) bond motifs is 1. The molecule has 1 aliphatic heterocycles. The summed E-state index contributed by atoms with van der Waals surface area (Å²) in [5, 5.41) is 3.90. The van der Waals surface area contributed by atoms with Gasteiger partial charge >= 0.3 is 0 Å². The Morgan fingerprint density at radius 2 is 2.29 bits per heavy atom. The summed E-state index contributed by atoms with van der Waals surface area (Å²) in [6, 6.07) is 5.21. The maximum Gasteiger partial charge on any atom is 0.267 e. The van der Waals surface area contributed by atoms with Gasteiger partial charge in [0.05, 0.1) is 0 Å². The van der Waals surface area contributed by atoms with Gasteiger partial charge in [-0.1, -0.05) is 29.4 Å². The Hall–Kier alpha value is -1.79. The lowest BCUT2D eigenvalue weighted by Crippen LogP contribution is -2.29. The predicted molar refractivity (Wildman–Crippen MR) is 83.4 cm³/mol. The monoisotopic (exact) mass is 321 g/mol. The molecule has 2 heterocycles. The Kier molecular flexibility index (Phi) is 3.73. The summed E-state index contributed by atoms with van der Waals surface area (Å²) in [6.07, 6.45) is 1.33. The Morgan fingerprint density at radius 3 is 3.05 bits per heavy atom. The van der Waals surface area contributed by atoms with E-state index in [0.29, 0.717) is 22.4 Å². The quantitative estimate of drug-likeness (QED) is 0.863. The molecule has 5 nitrogen and oxygen atoms in total. The Balaban J connectivity index is 1.89. The average Bonchev–Trinajstić information content (AvgIpc) is 2.92. The number of aryl methyl sites for hydroxylation is 1. The number of hydrogen-bond acceptors (Lipinski definition) is 4. The lowest BCUT2D eigenvalue weighted by molar-refractivity contribution is 0.102. The number of amides is 1. The molecule has 0 fully saturated rings. The predicted octanol–water partition coefficient (Wildman–Crippen LogP) is 2.56. The first-order valence-electron chi connectivity index (χ1n) is 6.36. The largest absolute Gasteiger partial charge is 0.322 e. The number of aromatic nitrogens is 2. The first-order valence-corrected chi connectivity index (χ1v) is 7.73. The van der Waals surface area contributed by atoms with Gasteiger partial charge in [0.25, 0.3) is 11.5 Å². The van der Waals surface area contributed by atoms with Gasteiger partial charge in [0.2, 0.25) is 0 Å². The molecule has 0 unspecified atom stereocenters. The fraction of sp³-hybridized carbons (Fsp3) is 0.214. The zero-order valence-electron chi connectivity index (χ0n) is 11.2. The summed E-state index contributed by atoms with van der Waals surface area (Å²) in [6.45, 7) is 2.46. The van der Waals surface area contributed by atoms with Gasteiger partial charge in [-0.05, 0) is 24.6 Å². The van der Waals surface area contributed by atoms with E-state index in [2.05, 4.69) is 10.3 Å². The molecule has 0 radical (unpaired) electrons. The molecular formula is C14H12ClN3O2S. The van der Waals surface area contributed by atoms with E-state index < -0.39 is 5.91 Å². The number of halogens is 1. The second-order valence-electron chi connectivity index (χ2n) is 4.68. The van der Waals surface area contributed by atoms with Crippen LogP contribution in [0.15, 0.2) is 34.3 Å². The SMILES string of the molecule is Cc1ccc(NC(=O)c2cnc3n(c2=O)CCS3)cc1Cl. The maximum atomic E-state index is 12.2. The van der Waals surface area contributed by atoms with Crippen LogP contribution in [-0.4, -0.2) is 21.2 Å². The van der Waals surface area contributed by atoms with Gasteiger partial charge in [0.15, 0.2) is 5.16 Å². The summed E-state index contributed by atoms with van der Waals surface area (Å²) in [4.78, 5) is 28.6. The number of hydrogen-bond donors (Lipinski definition) is 1. The Morgan fingerprint density at radius 1 is 1.48 bits per heavy atom. The van der Waals surface area contributed by atoms with Crippen molar-refractivity contribution in [3.8, 4) is 0 Å². The highest BCUT2D eigenvalue weighted by Crippen LogP contribution is 2.22. The van der Waals surface area contributed by atoms with Gasteiger partial charge < -0.3 is 5.32 Å². The van der Waals surface area contributed by atoms with Gasteiger partial charge in [-0.25, -0.2) is 4.98 Å². The van der Waals surface area contributed by atoms with Crippen LogP contribution in [0.4, 0.5) is 5.69 Å². The summed E-state index contributed by atoms with van der Waals surface area (Å²) < 4.78 is 1.53. The number of thioether (sulfide) groups is 1. The van der Waals surface area contributed by atoms with Crippen molar-refractivity contribution in [3.05, 3.63) is 50.9 Å². The van der Waals surface area contributed by atoms with E-state index in [1.165, 1.54) is 22.5 Å². The Bertz CT molecular complexity index is 788. The molecule has 0 saturated carbocycles. The second-order valence-corrected chi connectivity index (χ2v) is 6.15. The highest BCUT2D eigenvalue weighted by molar-refractivity contribution is 7.99. The lowest BCUT2D eigenvalue weighted by atomic mass is 10.2. The standard InChI is InChI=1S/C14H12ClN3O2S/c1-8-2-3-9(6-11(8)15)17-12(19)10-7-16-14-18(13(10)20)4-5-21-14/h2-3,6-7H,4-5H2,1H3,(H,17,19). The van der Waals surface area contributed by atoms with Crippen LogP contribution in [0.2, 0.25) is 5.02 Å². The minimum atomic E-state index is -0.473. The highest BCUT2D eigenvalue weighted by Gasteiger charge is 2.20. The van der Waals surface area contributed by atoms with Gasteiger partial charge in [0, 0.05) is 29.2 Å². The van der Waals surface area contributed by atoms with Crippen molar-refractivity contribution in [1.82, 2.24) is 9.55 Å². The molecule has 0 atom stereocenters. The first-order chi connectivity index (χ1) is 10.1. The number of nitrogens with one attached hydrogen (secondary N) is 1. The highest BCUT2D eigenvalue weighted by atomic mass is 35.5. The normalized spacial score (nSPS) is 13.0. The molecule has 1 aromatic heterocycles. The van der Waals surface area contributed by atoms with Crippen LogP contribution in [0.3, 0.4) is 0 Å². The van der Waals surface area contributed by atoms with Gasteiger partial charge in [0.1, 0.15) is 5.56 Å². The molecule has 108 valence electrons. The third-order valence-corrected chi connectivity index (χ3v) is 4.61. The first kappa shape index (κ1) is 14.2. The fourth-order valence-electron chi connectivity index (χ4n) is 2.04. The molecule has 1 N–H and O–H groups in total. The van der Waals surface area contributed by atoms with E-state index >= 15 is 0 Å². The molecule has 0 bridgehead atoms. The molecule has 0 spiro atoms. The number of anilines is 1. The summed E-state index contributed by atoms with van der Waals surface area (Å²) in [5.41, 5.74) is 1.21. The number of carbonyl (C=O) groups is 1. The molecule has 0 saturated heterocycles. The molecule has 0 aliphatic carbocycles. The van der Waals surface area contributed by atoms with Crippen molar-refractivity contribution in [2.75, 3.05) is 11.1 Å². The zero-order valence-corrected chi connectivity index (χ0v) is 12.8. The number of benzene rings is 1. The summed E-state index contributed by atoms with van der Waals surface area (Å²) in [7, 11) is 0. The molecular weight excluding hydrogens is 310 g/mol. The van der Waals surface area contributed by atoms with Crippen LogP contribution in [0.1, 0.15) is 15.9 Å². The van der Waals surface area contributed by atoms with Crippen molar-refractivity contribution < 1.29 is 4.79 Å². The van der Waals surface area contributed by atoms with Crippen LogP contribution in [-0.2, 0) is 6.54 Å². The van der Waals surface area contributed by atoms with Gasteiger partial charge in [-0.15, -0.1) is 0 Å². The van der Waals surface area contributed by atoms with Crippen molar-refractivity contribution >= 4 is 35.0 Å². The van der Waals surface area contributed by atoms with E-state index in [4.69, 9.17) is 11.6 Å². The van der Waals surface area contributed by atoms with Crippen molar-refractivity contribution in [3.63, 3.8) is 0 Å². The molecule has 3 rings (SSSR count). The third-order valence-electron chi connectivity index (χ3n) is 3.23. The molecule has 1 aromatic carbocycles. The number of rotatable bonds is 2. The van der Waals surface area contributed by atoms with Crippen LogP contribution in [0, 0.1) is 6.92 Å². The topological polar surface area (TPSA) is 64.0 Å². The van der Waals surface area contributed by atoms with Gasteiger partial charge in [-0.3, -0.25) is 14.2 Å². The van der Waals surface area contributed by atoms with Crippen molar-refractivity contribution in [2.24, 2.45) is 0 Å². The average molecular weight is 322 g/mol. The number of nitrogens with zero attached hydrogens (tertiary/aromatic N) is 2. The van der Waals surface area contributed by atoms with Crippen LogP contribution in [0.25, 0.3) is 0 Å². The second kappa shape index (κ2) is 5.54. The molecule has 21 heavy (non-hydrogen) atoms. The molecule has 1 amide bonds. The minimum absolute atomic E-state index is 0.0398. The summed E-state index contributed by atoms with van der Waals surface area (Å²) in [5.74, 6) is 0.334. The smallest absolute Gasteiger partial charge is 0.267 e. The number of carbonyl (C=O) groups excluding carboxylic acids is 1. The molecule has 7 heteroatoms. The maximum absolute atomic E-state index is 12.2. The fourth-order valence-corrected chi connectivity index (χ4v) is 3.14. The molecule has 1 aliphatic rings. The van der Waals surface area contributed by atoms with Crippen LogP contribution >= 0.6 is 23.4 Å². The minimum Gasteiger partial charge on any atom is -0.322 e. The zero-order chi connectivity index (χ0) is 15.0. The van der Waals surface area contributed by atoms with Crippen molar-refractivity contribution in [1.29, 1.82) is 0 Å².